The molecule has 9 heteroatoms. The van der Waals surface area contributed by atoms with Gasteiger partial charge in [0.2, 0.25) is 0 Å². The first-order valence-electron chi connectivity index (χ1n) is 15.7. The third-order valence-corrected chi connectivity index (χ3v) is 11.7. The Morgan fingerprint density at radius 3 is 2.21 bits per heavy atom. The molecule has 5 N–H and O–H groups in total. The van der Waals surface area contributed by atoms with Gasteiger partial charge in [-0.15, -0.1) is 0 Å². The summed E-state index contributed by atoms with van der Waals surface area (Å²) in [5.74, 6) is -0.213. The van der Waals surface area contributed by atoms with E-state index in [0.717, 1.165) is 12.8 Å². The summed E-state index contributed by atoms with van der Waals surface area (Å²) in [6.07, 6.45) is 2.47. The number of rotatable bonds is 8. The highest BCUT2D eigenvalue weighted by Crippen LogP contribution is 2.70. The number of fused-ring (bicyclic) bond motifs is 5. The molecule has 9 nitrogen and oxygen atoms in total. The van der Waals surface area contributed by atoms with Gasteiger partial charge >= 0.3 is 11.9 Å². The zero-order chi connectivity index (χ0) is 31.4. The zero-order valence-electron chi connectivity index (χ0n) is 26.2. The van der Waals surface area contributed by atoms with Crippen LogP contribution < -0.4 is 0 Å². The lowest BCUT2D eigenvalue weighted by molar-refractivity contribution is -0.314. The number of aliphatic hydroxyl groups is 5. The van der Waals surface area contributed by atoms with Crippen LogP contribution in [0.1, 0.15) is 87.0 Å². The Balaban J connectivity index is 1.87. The number of allylic oxidation sites excluding steroid dienone is 2. The fourth-order valence-corrected chi connectivity index (χ4v) is 9.53. The predicted octanol–water partition coefficient (Wildman–Crippen LogP) is 3.06. The number of ether oxygens (including phenoxy) is 2. The lowest BCUT2D eigenvalue weighted by atomic mass is 9.41. The van der Waals surface area contributed by atoms with Gasteiger partial charge in [0.25, 0.3) is 0 Å². The summed E-state index contributed by atoms with van der Waals surface area (Å²) in [6.45, 7) is 12.9. The van der Waals surface area contributed by atoms with Crippen molar-refractivity contribution in [1.29, 1.82) is 0 Å². The van der Waals surface area contributed by atoms with E-state index in [4.69, 9.17) is 9.47 Å². The van der Waals surface area contributed by atoms with Crippen LogP contribution in [0.4, 0.5) is 0 Å². The van der Waals surface area contributed by atoms with Gasteiger partial charge in [-0.3, -0.25) is 9.59 Å². The molecule has 42 heavy (non-hydrogen) atoms. The van der Waals surface area contributed by atoms with Gasteiger partial charge in [0.05, 0.1) is 23.7 Å². The maximum atomic E-state index is 12.8. The summed E-state index contributed by atoms with van der Waals surface area (Å²) in [5.41, 5.74) is -5.82. The summed E-state index contributed by atoms with van der Waals surface area (Å²) >= 11 is 0. The summed E-state index contributed by atoms with van der Waals surface area (Å²) in [6, 6.07) is 0. The van der Waals surface area contributed by atoms with Gasteiger partial charge in [-0.2, -0.15) is 0 Å². The van der Waals surface area contributed by atoms with E-state index in [1.54, 1.807) is 0 Å². The molecule has 0 bridgehead atoms. The van der Waals surface area contributed by atoms with E-state index >= 15 is 0 Å². The third-order valence-electron chi connectivity index (χ3n) is 11.7. The average molecular weight is 593 g/mol. The number of hydrogen-bond acceptors (Lipinski definition) is 9. The SMILES string of the molecule is CCC(C=CC(C)C1CCC2C3=CC(O)C4(O)CC(O)C(O)CC4(COC(C)=O)C3(OC(C)=O)C(O)CC21C)C(C)C. The smallest absolute Gasteiger partial charge is 0.303 e. The average Bonchev–Trinajstić information content (AvgIpc) is 3.22. The molecule has 0 aromatic carbocycles. The number of esters is 2. The second-order valence-corrected chi connectivity index (χ2v) is 14.2. The fraction of sp³-hybridized carbons (Fsp3) is 0.818. The monoisotopic (exact) mass is 592 g/mol. The van der Waals surface area contributed by atoms with Crippen molar-refractivity contribution < 1.29 is 44.6 Å². The van der Waals surface area contributed by atoms with E-state index in [2.05, 4.69) is 46.8 Å². The predicted molar refractivity (Wildman–Crippen MR) is 156 cm³/mol. The summed E-state index contributed by atoms with van der Waals surface area (Å²) in [4.78, 5) is 24.9. The molecule has 0 amide bonds. The number of carbonyl (C=O) groups excluding carboxylic acids is 2. The van der Waals surface area contributed by atoms with Gasteiger partial charge in [-0.05, 0) is 78.8 Å². The van der Waals surface area contributed by atoms with Crippen LogP contribution >= 0.6 is 0 Å². The van der Waals surface area contributed by atoms with Crippen molar-refractivity contribution in [3.63, 3.8) is 0 Å². The summed E-state index contributed by atoms with van der Waals surface area (Å²) in [5, 5.41) is 57.6. The van der Waals surface area contributed by atoms with Gasteiger partial charge in [0.1, 0.15) is 18.3 Å². The van der Waals surface area contributed by atoms with Gasteiger partial charge in [-0.1, -0.05) is 46.8 Å². The molecule has 0 aromatic rings. The van der Waals surface area contributed by atoms with Gasteiger partial charge < -0.3 is 35.0 Å². The van der Waals surface area contributed by atoms with Crippen molar-refractivity contribution >= 4 is 11.9 Å². The van der Waals surface area contributed by atoms with E-state index in [9.17, 15) is 35.1 Å². The topological polar surface area (TPSA) is 154 Å². The maximum Gasteiger partial charge on any atom is 0.303 e. The molecule has 4 rings (SSSR count). The molecule has 0 aliphatic heterocycles. The Labute approximate surface area is 250 Å². The highest BCUT2D eigenvalue weighted by Gasteiger charge is 2.79. The van der Waals surface area contributed by atoms with Crippen LogP contribution in [0, 0.1) is 40.4 Å². The quantitative estimate of drug-likeness (QED) is 0.211. The van der Waals surface area contributed by atoms with Crippen molar-refractivity contribution in [2.45, 2.75) is 123 Å². The van der Waals surface area contributed by atoms with Gasteiger partial charge in [0, 0.05) is 20.3 Å². The molecule has 0 heterocycles. The third kappa shape index (κ3) is 4.87. The fourth-order valence-electron chi connectivity index (χ4n) is 9.53. The van der Waals surface area contributed by atoms with Crippen LogP contribution in [0.2, 0.25) is 0 Å². The van der Waals surface area contributed by atoms with Crippen LogP contribution in [0.15, 0.2) is 23.8 Å². The Morgan fingerprint density at radius 1 is 1.00 bits per heavy atom. The largest absolute Gasteiger partial charge is 0.465 e. The van der Waals surface area contributed by atoms with Gasteiger partial charge in [0.15, 0.2) is 5.60 Å². The van der Waals surface area contributed by atoms with Crippen molar-refractivity contribution in [3.8, 4) is 0 Å². The molecule has 4 aliphatic rings. The number of carbonyl (C=O) groups is 2. The normalized spacial score (nSPS) is 44.5. The van der Waals surface area contributed by atoms with Crippen LogP contribution in [0.3, 0.4) is 0 Å². The van der Waals surface area contributed by atoms with E-state index < -0.39 is 71.4 Å². The highest BCUT2D eigenvalue weighted by molar-refractivity contribution is 5.69. The van der Waals surface area contributed by atoms with E-state index in [1.807, 2.05) is 0 Å². The molecule has 0 spiro atoms. The number of hydrogen-bond donors (Lipinski definition) is 5. The maximum absolute atomic E-state index is 12.8. The van der Waals surface area contributed by atoms with Crippen LogP contribution in [-0.4, -0.2) is 79.7 Å². The molecule has 3 fully saturated rings. The molecule has 12 unspecified atom stereocenters. The minimum atomic E-state index is -2.17. The van der Waals surface area contributed by atoms with Crippen molar-refractivity contribution in [2.75, 3.05) is 6.61 Å². The van der Waals surface area contributed by atoms with E-state index in [-0.39, 0.29) is 30.6 Å². The number of aliphatic hydroxyl groups excluding tert-OH is 4. The lowest BCUT2D eigenvalue weighted by Gasteiger charge is -2.68. The molecular formula is C33H52O9. The van der Waals surface area contributed by atoms with Crippen molar-refractivity contribution in [2.24, 2.45) is 40.4 Å². The lowest BCUT2D eigenvalue weighted by Crippen LogP contribution is -2.80. The Morgan fingerprint density at radius 2 is 1.64 bits per heavy atom. The Bertz CT molecular complexity index is 1100. The van der Waals surface area contributed by atoms with Crippen LogP contribution in [0.5, 0.6) is 0 Å². The molecule has 4 aliphatic carbocycles. The molecule has 12 atom stereocenters. The van der Waals surface area contributed by atoms with Crippen molar-refractivity contribution in [1.82, 2.24) is 0 Å². The zero-order valence-corrected chi connectivity index (χ0v) is 26.2. The van der Waals surface area contributed by atoms with Gasteiger partial charge in [-0.25, -0.2) is 0 Å². The molecule has 238 valence electrons. The minimum Gasteiger partial charge on any atom is -0.465 e. The second-order valence-electron chi connectivity index (χ2n) is 14.2. The standard InChI is InChI=1S/C33H52O9/c1-8-22(18(2)3)10-9-19(4)23-11-12-24-25-13-28(38)32(40)15-27(37)26(36)14-31(32,17-41-20(5)34)33(25,42-21(6)35)29(39)16-30(23,24)7/h9-10,13,18-19,22-24,26-29,36-40H,8,11-12,14-17H2,1-7H3. The summed E-state index contributed by atoms with van der Waals surface area (Å²) in [7, 11) is 0. The molecule has 3 saturated carbocycles. The van der Waals surface area contributed by atoms with E-state index in [1.165, 1.54) is 19.9 Å². The van der Waals surface area contributed by atoms with Crippen LogP contribution in [-0.2, 0) is 19.1 Å². The second kappa shape index (κ2) is 11.6. The van der Waals surface area contributed by atoms with Crippen LogP contribution in [0.25, 0.3) is 0 Å². The Kier molecular flexibility index (Phi) is 9.16. The van der Waals surface area contributed by atoms with E-state index in [0.29, 0.717) is 23.8 Å². The molecule has 0 saturated heterocycles. The summed E-state index contributed by atoms with van der Waals surface area (Å²) < 4.78 is 11.6. The molecule has 0 radical (unpaired) electrons. The Hall–Kier alpha value is -1.78. The van der Waals surface area contributed by atoms with Crippen molar-refractivity contribution in [3.05, 3.63) is 23.8 Å². The minimum absolute atomic E-state index is 0.190. The molecular weight excluding hydrogens is 540 g/mol. The first kappa shape index (κ1) is 33.1. The highest BCUT2D eigenvalue weighted by atomic mass is 16.6. The molecule has 0 aromatic heterocycles. The first-order chi connectivity index (χ1) is 19.5. The first-order valence-corrected chi connectivity index (χ1v) is 15.7.